The van der Waals surface area contributed by atoms with Crippen LogP contribution < -0.4 is 4.90 Å². The van der Waals surface area contributed by atoms with Crippen LogP contribution in [0.1, 0.15) is 11.1 Å². The maximum atomic E-state index is 9.68. The lowest BCUT2D eigenvalue weighted by atomic mass is 9.99. The van der Waals surface area contributed by atoms with Crippen molar-refractivity contribution in [2.75, 3.05) is 4.90 Å². The molecule has 0 atom stereocenters. The highest BCUT2D eigenvalue weighted by Gasteiger charge is 2.16. The Balaban J connectivity index is 1.08. The van der Waals surface area contributed by atoms with Crippen molar-refractivity contribution in [2.24, 2.45) is 0 Å². The van der Waals surface area contributed by atoms with Crippen LogP contribution >= 0.6 is 0 Å². The van der Waals surface area contributed by atoms with Gasteiger partial charge in [-0.05, 0) is 112 Å². The van der Waals surface area contributed by atoms with Crippen LogP contribution in [0.25, 0.3) is 66.4 Å². The summed E-state index contributed by atoms with van der Waals surface area (Å²) < 4.78 is 12.2. The van der Waals surface area contributed by atoms with E-state index in [1.165, 1.54) is 0 Å². The minimum atomic E-state index is -0.0169. The van der Waals surface area contributed by atoms with Gasteiger partial charge in [-0.2, -0.15) is 5.26 Å². The topological polar surface area (TPSA) is 86.4 Å². The summed E-state index contributed by atoms with van der Waals surface area (Å²) in [5, 5.41) is 23.4. The molecule has 0 radical (unpaired) electrons. The number of aliphatic hydroxyl groups is 1. The van der Waals surface area contributed by atoms with E-state index in [1.54, 1.807) is 18.2 Å². The number of hydrogen-bond acceptors (Lipinski definition) is 6. The Hall–Kier alpha value is -6.68. The van der Waals surface area contributed by atoms with Gasteiger partial charge in [0.1, 0.15) is 16.7 Å². The number of nitriles is 1. The van der Waals surface area contributed by atoms with E-state index in [2.05, 4.69) is 76.6 Å². The maximum Gasteiger partial charge on any atom is 0.227 e. The molecule has 0 saturated carbocycles. The predicted octanol–water partition coefficient (Wildman–Crippen LogP) is 11.0. The van der Waals surface area contributed by atoms with Crippen molar-refractivity contribution in [1.82, 2.24) is 4.98 Å². The number of para-hydroxylation sites is 1. The second-order valence-corrected chi connectivity index (χ2v) is 12.1. The second kappa shape index (κ2) is 11.5. The molecule has 1 N–H and O–H groups in total. The smallest absolute Gasteiger partial charge is 0.227 e. The average Bonchev–Trinajstić information content (AvgIpc) is 3.76. The molecule has 9 aromatic rings. The van der Waals surface area contributed by atoms with E-state index in [-0.39, 0.29) is 6.61 Å². The third kappa shape index (κ3) is 5.06. The zero-order valence-corrected chi connectivity index (χ0v) is 26.2. The molecule has 0 aliphatic heterocycles. The first-order chi connectivity index (χ1) is 24.1. The molecule has 232 valence electrons. The lowest BCUT2D eigenvalue weighted by Gasteiger charge is -2.26. The molecule has 2 heterocycles. The summed E-state index contributed by atoms with van der Waals surface area (Å²) in [5.74, 6) is 0.497. The minimum Gasteiger partial charge on any atom is -0.456 e. The van der Waals surface area contributed by atoms with Crippen LogP contribution in [0.3, 0.4) is 0 Å². The van der Waals surface area contributed by atoms with Crippen LogP contribution in [0.2, 0.25) is 0 Å². The Labute approximate surface area is 281 Å². The second-order valence-electron chi connectivity index (χ2n) is 12.1. The Morgan fingerprint density at radius 2 is 1.24 bits per heavy atom. The number of fused-ring (bicyclic) bond motifs is 5. The minimum absolute atomic E-state index is 0.0169. The van der Waals surface area contributed by atoms with E-state index in [0.717, 1.165) is 72.0 Å². The van der Waals surface area contributed by atoms with Gasteiger partial charge in [0.2, 0.25) is 5.89 Å². The highest BCUT2D eigenvalue weighted by Crippen LogP contribution is 2.39. The van der Waals surface area contributed by atoms with Gasteiger partial charge in [-0.25, -0.2) is 4.98 Å². The number of rotatable bonds is 6. The average molecular weight is 634 g/mol. The van der Waals surface area contributed by atoms with Gasteiger partial charge in [-0.1, -0.05) is 54.6 Å². The first-order valence-corrected chi connectivity index (χ1v) is 16.0. The molecule has 6 heteroatoms. The summed E-state index contributed by atoms with van der Waals surface area (Å²) in [4.78, 5) is 6.83. The lowest BCUT2D eigenvalue weighted by molar-refractivity contribution is 0.282. The van der Waals surface area contributed by atoms with E-state index in [1.807, 2.05) is 66.7 Å². The van der Waals surface area contributed by atoms with Crippen LogP contribution in [0.15, 0.2) is 154 Å². The standard InChI is InChI=1S/C43H27N3O3/c44-25-28-7-20-39-42(21-28)49-43(45-39)29-10-16-35(17-11-29)46(34-14-5-27(26-47)6-15-34)36-18-12-31-22-30(8-9-32(31)23-36)33-13-19-38-37-3-1-2-4-40(37)48-41(38)24-33/h1-24,47H,26H2. The molecule has 49 heavy (non-hydrogen) atoms. The number of aromatic nitrogens is 1. The van der Waals surface area contributed by atoms with E-state index in [4.69, 9.17) is 8.83 Å². The predicted molar refractivity (Wildman–Crippen MR) is 195 cm³/mol. The fraction of sp³-hybridized carbons (Fsp3) is 0.0233. The quantitative estimate of drug-likeness (QED) is 0.196. The van der Waals surface area contributed by atoms with Gasteiger partial charge in [0.25, 0.3) is 0 Å². The van der Waals surface area contributed by atoms with Crippen LogP contribution in [-0.2, 0) is 6.61 Å². The molecule has 0 fully saturated rings. The Morgan fingerprint density at radius 1 is 0.571 bits per heavy atom. The van der Waals surface area contributed by atoms with E-state index in [0.29, 0.717) is 22.6 Å². The van der Waals surface area contributed by atoms with Crippen LogP contribution in [0, 0.1) is 11.3 Å². The highest BCUT2D eigenvalue weighted by molar-refractivity contribution is 6.06. The molecule has 0 saturated heterocycles. The summed E-state index contributed by atoms with van der Waals surface area (Å²) in [6.07, 6.45) is 0. The van der Waals surface area contributed by atoms with Crippen LogP contribution in [0.4, 0.5) is 17.1 Å². The molecular formula is C43H27N3O3. The highest BCUT2D eigenvalue weighted by atomic mass is 16.3. The molecule has 0 aliphatic rings. The zero-order valence-electron chi connectivity index (χ0n) is 26.2. The number of anilines is 3. The first-order valence-electron chi connectivity index (χ1n) is 16.0. The third-order valence-electron chi connectivity index (χ3n) is 9.06. The molecule has 0 aliphatic carbocycles. The van der Waals surface area contributed by atoms with Crippen molar-refractivity contribution >= 4 is 60.9 Å². The largest absolute Gasteiger partial charge is 0.456 e. The fourth-order valence-corrected chi connectivity index (χ4v) is 6.53. The first kappa shape index (κ1) is 28.5. The maximum absolute atomic E-state index is 9.68. The molecule has 6 nitrogen and oxygen atoms in total. The third-order valence-corrected chi connectivity index (χ3v) is 9.06. The van der Waals surface area contributed by atoms with Crippen LogP contribution in [0.5, 0.6) is 0 Å². The molecule has 0 spiro atoms. The van der Waals surface area contributed by atoms with Crippen molar-refractivity contribution in [3.8, 4) is 28.7 Å². The number of nitrogens with zero attached hydrogens (tertiary/aromatic N) is 3. The molecule has 0 bridgehead atoms. The monoisotopic (exact) mass is 633 g/mol. The summed E-state index contributed by atoms with van der Waals surface area (Å²) in [6.45, 7) is -0.0169. The number of furan rings is 1. The van der Waals surface area contributed by atoms with Crippen LogP contribution in [-0.4, -0.2) is 10.1 Å². The molecular weight excluding hydrogens is 606 g/mol. The molecule has 9 rings (SSSR count). The van der Waals surface area contributed by atoms with E-state index in [9.17, 15) is 10.4 Å². The summed E-state index contributed by atoms with van der Waals surface area (Å²) >= 11 is 0. The molecule has 7 aromatic carbocycles. The number of hydrogen-bond donors (Lipinski definition) is 1. The molecule has 0 unspecified atom stereocenters. The van der Waals surface area contributed by atoms with Crippen molar-refractivity contribution < 1.29 is 13.9 Å². The SMILES string of the molecule is N#Cc1ccc2nc(-c3ccc(N(c4ccc(CO)cc4)c4ccc5cc(-c6ccc7c(c6)oc6ccccc67)ccc5c4)cc3)oc2c1. The lowest BCUT2D eigenvalue weighted by Crippen LogP contribution is -2.10. The summed E-state index contributed by atoms with van der Waals surface area (Å²) in [7, 11) is 0. The number of benzene rings is 7. The Bertz CT molecular complexity index is 2720. The van der Waals surface area contributed by atoms with Crippen molar-refractivity contribution in [3.05, 3.63) is 157 Å². The number of oxazole rings is 1. The summed E-state index contributed by atoms with van der Waals surface area (Å²) in [5.41, 5.74) is 10.4. The summed E-state index contributed by atoms with van der Waals surface area (Å²) in [6, 6.07) is 51.0. The van der Waals surface area contributed by atoms with Gasteiger partial charge in [0.05, 0.1) is 18.2 Å². The van der Waals surface area contributed by atoms with Crippen molar-refractivity contribution in [1.29, 1.82) is 5.26 Å². The number of aliphatic hydroxyl groups excluding tert-OH is 1. The van der Waals surface area contributed by atoms with Gasteiger partial charge < -0.3 is 18.8 Å². The fourth-order valence-electron chi connectivity index (χ4n) is 6.53. The normalized spacial score (nSPS) is 11.4. The zero-order chi connectivity index (χ0) is 32.9. The Morgan fingerprint density at radius 3 is 2.06 bits per heavy atom. The van der Waals surface area contributed by atoms with Gasteiger partial charge >= 0.3 is 0 Å². The van der Waals surface area contributed by atoms with Crippen molar-refractivity contribution in [3.63, 3.8) is 0 Å². The van der Waals surface area contributed by atoms with Crippen molar-refractivity contribution in [2.45, 2.75) is 6.61 Å². The van der Waals surface area contributed by atoms with Gasteiger partial charge in [0.15, 0.2) is 5.58 Å². The van der Waals surface area contributed by atoms with Gasteiger partial charge in [-0.15, -0.1) is 0 Å². The van der Waals surface area contributed by atoms with E-state index < -0.39 is 0 Å². The Kier molecular flexibility index (Phi) is 6.72. The van der Waals surface area contributed by atoms with E-state index >= 15 is 0 Å². The van der Waals surface area contributed by atoms with Gasteiger partial charge in [0, 0.05) is 39.5 Å². The molecule has 0 amide bonds. The van der Waals surface area contributed by atoms with Gasteiger partial charge in [-0.3, -0.25) is 0 Å². The molecule has 2 aromatic heterocycles.